The van der Waals surface area contributed by atoms with Gasteiger partial charge in [0.2, 0.25) is 10.0 Å². The van der Waals surface area contributed by atoms with E-state index in [0.29, 0.717) is 25.2 Å². The molecular weight excluding hydrogens is 372 g/mol. The number of rotatable bonds is 7. The zero-order valence-corrected chi connectivity index (χ0v) is 16.2. The van der Waals surface area contributed by atoms with Gasteiger partial charge in [-0.3, -0.25) is 9.20 Å². The fourth-order valence-corrected chi connectivity index (χ4v) is 4.80. The highest BCUT2D eigenvalue weighted by Gasteiger charge is 2.21. The molecule has 7 nitrogen and oxygen atoms in total. The van der Waals surface area contributed by atoms with Crippen LogP contribution in [0.1, 0.15) is 29.9 Å². The van der Waals surface area contributed by atoms with Crippen molar-refractivity contribution in [2.24, 2.45) is 0 Å². The standard InChI is InChI=1S/C17H20N4O3S2/c1-3-21(4-2)26(23,24)15-7-5-13(6-8-15)16(22)18-11-14-12-20-9-10-25-17(20)19-14/h5-10,12H,3-4,11H2,1-2H3,(H,18,22). The van der Waals surface area contributed by atoms with Gasteiger partial charge in [-0.05, 0) is 24.3 Å². The van der Waals surface area contributed by atoms with Gasteiger partial charge >= 0.3 is 0 Å². The molecular formula is C17H20N4O3S2. The van der Waals surface area contributed by atoms with E-state index in [0.717, 1.165) is 10.7 Å². The molecule has 0 aliphatic heterocycles. The summed E-state index contributed by atoms with van der Waals surface area (Å²) in [6.07, 6.45) is 3.78. The molecule has 0 saturated carbocycles. The van der Waals surface area contributed by atoms with Gasteiger partial charge < -0.3 is 5.32 Å². The van der Waals surface area contributed by atoms with Crippen molar-refractivity contribution in [1.82, 2.24) is 19.0 Å². The van der Waals surface area contributed by atoms with E-state index in [-0.39, 0.29) is 10.8 Å². The van der Waals surface area contributed by atoms with Crippen LogP contribution in [0.15, 0.2) is 46.9 Å². The summed E-state index contributed by atoms with van der Waals surface area (Å²) >= 11 is 1.53. The first-order valence-corrected chi connectivity index (χ1v) is 10.6. The third-order valence-electron chi connectivity index (χ3n) is 4.03. The fourth-order valence-electron chi connectivity index (χ4n) is 2.63. The molecule has 0 atom stereocenters. The average molecular weight is 393 g/mol. The van der Waals surface area contributed by atoms with Gasteiger partial charge in [0.15, 0.2) is 4.96 Å². The molecule has 26 heavy (non-hydrogen) atoms. The zero-order valence-electron chi connectivity index (χ0n) is 14.5. The predicted molar refractivity (Wildman–Crippen MR) is 101 cm³/mol. The lowest BCUT2D eigenvalue weighted by molar-refractivity contribution is 0.0950. The number of aromatic nitrogens is 2. The smallest absolute Gasteiger partial charge is 0.251 e. The third kappa shape index (κ3) is 3.64. The number of carbonyl (C=O) groups is 1. The number of benzene rings is 1. The van der Waals surface area contributed by atoms with Crippen LogP contribution >= 0.6 is 11.3 Å². The van der Waals surface area contributed by atoms with Gasteiger partial charge in [0, 0.05) is 36.4 Å². The lowest BCUT2D eigenvalue weighted by Gasteiger charge is -2.18. The van der Waals surface area contributed by atoms with Gasteiger partial charge in [-0.15, -0.1) is 11.3 Å². The van der Waals surface area contributed by atoms with E-state index < -0.39 is 10.0 Å². The van der Waals surface area contributed by atoms with Crippen LogP contribution < -0.4 is 5.32 Å². The molecule has 0 radical (unpaired) electrons. The van der Waals surface area contributed by atoms with Crippen LogP contribution in [0.5, 0.6) is 0 Å². The van der Waals surface area contributed by atoms with Crippen molar-refractivity contribution in [2.75, 3.05) is 13.1 Å². The minimum Gasteiger partial charge on any atom is -0.346 e. The quantitative estimate of drug-likeness (QED) is 0.669. The molecule has 0 spiro atoms. The minimum atomic E-state index is -3.52. The average Bonchev–Trinajstić information content (AvgIpc) is 3.22. The summed E-state index contributed by atoms with van der Waals surface area (Å²) in [4.78, 5) is 17.7. The van der Waals surface area contributed by atoms with Crippen molar-refractivity contribution in [3.63, 3.8) is 0 Å². The molecule has 138 valence electrons. The first kappa shape index (κ1) is 18.6. The Hall–Kier alpha value is -2.23. The highest BCUT2D eigenvalue weighted by atomic mass is 32.2. The zero-order chi connectivity index (χ0) is 18.7. The normalized spacial score (nSPS) is 12.0. The Morgan fingerprint density at radius 3 is 2.54 bits per heavy atom. The predicted octanol–water partition coefficient (Wildman–Crippen LogP) is 2.36. The number of nitrogens with one attached hydrogen (secondary N) is 1. The van der Waals surface area contributed by atoms with Crippen LogP contribution in [-0.4, -0.2) is 41.1 Å². The molecule has 0 bridgehead atoms. The van der Waals surface area contributed by atoms with Crippen LogP contribution in [0.3, 0.4) is 0 Å². The molecule has 0 fully saturated rings. The number of nitrogens with zero attached hydrogens (tertiary/aromatic N) is 3. The van der Waals surface area contributed by atoms with Crippen LogP contribution in [0, 0.1) is 0 Å². The molecule has 1 aromatic carbocycles. The molecule has 2 aromatic heterocycles. The second-order valence-electron chi connectivity index (χ2n) is 5.62. The van der Waals surface area contributed by atoms with Crippen LogP contribution in [0.4, 0.5) is 0 Å². The highest BCUT2D eigenvalue weighted by Crippen LogP contribution is 2.16. The van der Waals surface area contributed by atoms with Crippen molar-refractivity contribution in [2.45, 2.75) is 25.3 Å². The van der Waals surface area contributed by atoms with E-state index in [2.05, 4.69) is 10.3 Å². The van der Waals surface area contributed by atoms with E-state index in [1.807, 2.05) is 22.2 Å². The van der Waals surface area contributed by atoms with Gasteiger partial charge in [0.05, 0.1) is 17.1 Å². The van der Waals surface area contributed by atoms with Crippen molar-refractivity contribution < 1.29 is 13.2 Å². The SMILES string of the molecule is CCN(CC)S(=O)(=O)c1ccc(C(=O)NCc2cn3ccsc3n2)cc1. The molecule has 0 aliphatic carbocycles. The lowest BCUT2D eigenvalue weighted by Crippen LogP contribution is -2.30. The Bertz CT molecular complexity index is 974. The minimum absolute atomic E-state index is 0.187. The molecule has 3 rings (SSSR count). The molecule has 9 heteroatoms. The maximum atomic E-state index is 12.5. The van der Waals surface area contributed by atoms with Crippen LogP contribution in [0.25, 0.3) is 4.96 Å². The maximum absolute atomic E-state index is 12.5. The topological polar surface area (TPSA) is 83.8 Å². The second-order valence-corrected chi connectivity index (χ2v) is 8.43. The Kier molecular flexibility index (Phi) is 5.40. The first-order chi connectivity index (χ1) is 12.5. The maximum Gasteiger partial charge on any atom is 0.251 e. The number of imidazole rings is 1. The number of amides is 1. The number of hydrogen-bond acceptors (Lipinski definition) is 5. The van der Waals surface area contributed by atoms with E-state index in [1.54, 1.807) is 13.8 Å². The highest BCUT2D eigenvalue weighted by molar-refractivity contribution is 7.89. The van der Waals surface area contributed by atoms with E-state index >= 15 is 0 Å². The molecule has 0 aliphatic rings. The molecule has 0 saturated heterocycles. The first-order valence-electron chi connectivity index (χ1n) is 8.25. The number of hydrogen-bond donors (Lipinski definition) is 1. The summed E-state index contributed by atoms with van der Waals surface area (Å²) in [7, 11) is -3.52. The summed E-state index contributed by atoms with van der Waals surface area (Å²) in [5.74, 6) is -0.270. The van der Waals surface area contributed by atoms with Gasteiger partial charge in [0.25, 0.3) is 5.91 Å². The Balaban J connectivity index is 1.67. The Morgan fingerprint density at radius 2 is 1.92 bits per heavy atom. The summed E-state index contributed by atoms with van der Waals surface area (Å²) in [5, 5.41) is 4.74. The molecule has 3 aromatic rings. The van der Waals surface area contributed by atoms with Crippen molar-refractivity contribution in [3.05, 3.63) is 53.3 Å². The summed E-state index contributed by atoms with van der Waals surface area (Å²) in [6, 6.07) is 5.99. The third-order valence-corrected chi connectivity index (χ3v) is 6.87. The number of thiazole rings is 1. The fraction of sp³-hybridized carbons (Fsp3) is 0.294. The van der Waals surface area contributed by atoms with E-state index in [4.69, 9.17) is 0 Å². The van der Waals surface area contributed by atoms with Crippen molar-refractivity contribution in [1.29, 1.82) is 0 Å². The van der Waals surface area contributed by atoms with E-state index in [1.165, 1.54) is 39.9 Å². The van der Waals surface area contributed by atoms with Crippen molar-refractivity contribution >= 4 is 32.2 Å². The summed E-state index contributed by atoms with van der Waals surface area (Å²) < 4.78 is 28.2. The number of carbonyl (C=O) groups excluding carboxylic acids is 1. The largest absolute Gasteiger partial charge is 0.346 e. The molecule has 1 N–H and O–H groups in total. The monoisotopic (exact) mass is 392 g/mol. The number of sulfonamides is 1. The summed E-state index contributed by atoms with van der Waals surface area (Å²) in [6.45, 7) is 4.71. The van der Waals surface area contributed by atoms with Crippen LogP contribution in [-0.2, 0) is 16.6 Å². The van der Waals surface area contributed by atoms with Gasteiger partial charge in [0.1, 0.15) is 0 Å². The van der Waals surface area contributed by atoms with Crippen molar-refractivity contribution in [3.8, 4) is 0 Å². The Labute approximate surface area is 156 Å². The summed E-state index contributed by atoms with van der Waals surface area (Å²) in [5.41, 5.74) is 1.18. The Morgan fingerprint density at radius 1 is 1.23 bits per heavy atom. The molecule has 0 unspecified atom stereocenters. The number of fused-ring (bicyclic) bond motifs is 1. The van der Waals surface area contributed by atoms with E-state index in [9.17, 15) is 13.2 Å². The van der Waals surface area contributed by atoms with Gasteiger partial charge in [-0.25, -0.2) is 13.4 Å². The van der Waals surface area contributed by atoms with Gasteiger partial charge in [-0.2, -0.15) is 4.31 Å². The molecule has 1 amide bonds. The molecule has 2 heterocycles. The second kappa shape index (κ2) is 7.56. The van der Waals surface area contributed by atoms with Crippen LogP contribution in [0.2, 0.25) is 0 Å². The van der Waals surface area contributed by atoms with Gasteiger partial charge in [-0.1, -0.05) is 13.8 Å². The lowest BCUT2D eigenvalue weighted by atomic mass is 10.2.